The minimum absolute atomic E-state index is 0.287. The van der Waals surface area contributed by atoms with Crippen LogP contribution in [0.25, 0.3) is 0 Å². The van der Waals surface area contributed by atoms with E-state index in [1.807, 2.05) is 31.2 Å². The zero-order valence-electron chi connectivity index (χ0n) is 16.8. The van der Waals surface area contributed by atoms with Crippen LogP contribution in [0.1, 0.15) is 18.1 Å². The second kappa shape index (κ2) is 11.6. The van der Waals surface area contributed by atoms with Crippen LogP contribution in [0.2, 0.25) is 10.0 Å². The van der Waals surface area contributed by atoms with E-state index >= 15 is 0 Å². The van der Waals surface area contributed by atoms with Crippen molar-refractivity contribution in [2.24, 2.45) is 0 Å². The van der Waals surface area contributed by atoms with E-state index in [-0.39, 0.29) is 6.61 Å². The number of hydrogen-bond donors (Lipinski definition) is 1. The van der Waals surface area contributed by atoms with E-state index < -0.39 is 0 Å². The van der Waals surface area contributed by atoms with Crippen LogP contribution in [0.5, 0.6) is 11.5 Å². The first kappa shape index (κ1) is 22.2. The average molecular weight is 439 g/mol. The highest BCUT2D eigenvalue weighted by molar-refractivity contribution is 6.35. The lowest BCUT2D eigenvalue weighted by Crippen LogP contribution is -2.40. The van der Waals surface area contributed by atoms with Crippen LogP contribution < -0.4 is 14.8 Å². The van der Waals surface area contributed by atoms with Crippen LogP contribution >= 0.6 is 23.2 Å². The molecule has 2 aromatic rings. The van der Waals surface area contributed by atoms with Gasteiger partial charge in [0.25, 0.3) is 0 Å². The van der Waals surface area contributed by atoms with Crippen LogP contribution in [-0.2, 0) is 17.9 Å². The minimum atomic E-state index is 0.287. The number of benzene rings is 2. The molecular formula is C22H28Cl2N2O3. The third-order valence-electron chi connectivity index (χ3n) is 4.78. The van der Waals surface area contributed by atoms with Crippen LogP contribution in [0.4, 0.5) is 0 Å². The normalized spacial score (nSPS) is 14.7. The SMILES string of the molecule is CCOc1cc(CNCCN2CCOCC2)ccc1OCc1c(Cl)cccc1Cl. The first-order valence-electron chi connectivity index (χ1n) is 9.99. The highest BCUT2D eigenvalue weighted by atomic mass is 35.5. The van der Waals surface area contributed by atoms with Crippen molar-refractivity contribution >= 4 is 23.2 Å². The maximum atomic E-state index is 6.23. The molecule has 5 nitrogen and oxygen atoms in total. The van der Waals surface area contributed by atoms with Gasteiger partial charge in [-0.3, -0.25) is 4.90 Å². The van der Waals surface area contributed by atoms with E-state index in [0.29, 0.717) is 22.4 Å². The molecule has 7 heteroatoms. The monoisotopic (exact) mass is 438 g/mol. The van der Waals surface area contributed by atoms with Gasteiger partial charge in [0.2, 0.25) is 0 Å². The number of ether oxygens (including phenoxy) is 3. The minimum Gasteiger partial charge on any atom is -0.490 e. The summed E-state index contributed by atoms with van der Waals surface area (Å²) in [4.78, 5) is 2.42. The van der Waals surface area contributed by atoms with Crippen LogP contribution in [0, 0.1) is 0 Å². The summed E-state index contributed by atoms with van der Waals surface area (Å²) in [7, 11) is 0. The van der Waals surface area contributed by atoms with Gasteiger partial charge in [-0.15, -0.1) is 0 Å². The molecule has 0 unspecified atom stereocenters. The fraction of sp³-hybridized carbons (Fsp3) is 0.455. The molecule has 29 heavy (non-hydrogen) atoms. The second-order valence-corrected chi connectivity index (χ2v) is 7.65. The van der Waals surface area contributed by atoms with E-state index in [1.54, 1.807) is 12.1 Å². The van der Waals surface area contributed by atoms with Crippen molar-refractivity contribution in [2.45, 2.75) is 20.1 Å². The fourth-order valence-corrected chi connectivity index (χ4v) is 3.67. The molecular weight excluding hydrogens is 411 g/mol. The van der Waals surface area contributed by atoms with Gasteiger partial charge in [-0.2, -0.15) is 0 Å². The zero-order chi connectivity index (χ0) is 20.5. The van der Waals surface area contributed by atoms with Crippen molar-refractivity contribution in [3.63, 3.8) is 0 Å². The Morgan fingerprint density at radius 1 is 1.03 bits per heavy atom. The van der Waals surface area contributed by atoms with E-state index in [1.165, 1.54) is 0 Å². The van der Waals surface area contributed by atoms with E-state index in [0.717, 1.165) is 62.8 Å². The molecule has 0 radical (unpaired) electrons. The van der Waals surface area contributed by atoms with Gasteiger partial charge >= 0.3 is 0 Å². The van der Waals surface area contributed by atoms with Crippen LogP contribution in [0.3, 0.4) is 0 Å². The molecule has 0 spiro atoms. The van der Waals surface area contributed by atoms with E-state index in [2.05, 4.69) is 10.2 Å². The van der Waals surface area contributed by atoms with Crippen molar-refractivity contribution in [3.05, 3.63) is 57.6 Å². The Morgan fingerprint density at radius 3 is 2.52 bits per heavy atom. The molecule has 0 amide bonds. The predicted octanol–water partition coefficient (Wildman–Crippen LogP) is 4.39. The first-order chi connectivity index (χ1) is 14.2. The zero-order valence-corrected chi connectivity index (χ0v) is 18.3. The van der Waals surface area contributed by atoms with Gasteiger partial charge in [0.1, 0.15) is 6.61 Å². The molecule has 3 rings (SSSR count). The Labute approximate surface area is 182 Å². The van der Waals surface area contributed by atoms with Gasteiger partial charge in [-0.25, -0.2) is 0 Å². The molecule has 0 saturated carbocycles. The molecule has 1 N–H and O–H groups in total. The van der Waals surface area contributed by atoms with Crippen LogP contribution in [0.15, 0.2) is 36.4 Å². The number of morpholine rings is 1. The molecule has 0 atom stereocenters. The summed E-state index contributed by atoms with van der Waals surface area (Å²) < 4.78 is 17.1. The van der Waals surface area contributed by atoms with Gasteiger partial charge in [0.05, 0.1) is 19.8 Å². The number of nitrogens with one attached hydrogen (secondary N) is 1. The van der Waals surface area contributed by atoms with Crippen LogP contribution in [-0.4, -0.2) is 50.9 Å². The molecule has 0 aromatic heterocycles. The highest BCUT2D eigenvalue weighted by Gasteiger charge is 2.11. The topological polar surface area (TPSA) is 43.0 Å². The van der Waals surface area contributed by atoms with Gasteiger partial charge in [-0.05, 0) is 36.8 Å². The lowest BCUT2D eigenvalue weighted by molar-refractivity contribution is 0.0384. The Balaban J connectivity index is 1.55. The smallest absolute Gasteiger partial charge is 0.161 e. The molecule has 0 bridgehead atoms. The molecule has 1 fully saturated rings. The van der Waals surface area contributed by atoms with Crippen molar-refractivity contribution in [3.8, 4) is 11.5 Å². The lowest BCUT2D eigenvalue weighted by atomic mass is 10.2. The molecule has 2 aromatic carbocycles. The largest absolute Gasteiger partial charge is 0.490 e. The van der Waals surface area contributed by atoms with Gasteiger partial charge in [-0.1, -0.05) is 35.3 Å². The molecule has 0 aliphatic carbocycles. The van der Waals surface area contributed by atoms with Crippen molar-refractivity contribution in [2.75, 3.05) is 46.0 Å². The van der Waals surface area contributed by atoms with Gasteiger partial charge < -0.3 is 19.5 Å². The number of nitrogens with zero attached hydrogens (tertiary/aromatic N) is 1. The summed E-state index contributed by atoms with van der Waals surface area (Å²) >= 11 is 12.5. The Morgan fingerprint density at radius 2 is 1.79 bits per heavy atom. The third-order valence-corrected chi connectivity index (χ3v) is 5.49. The summed E-state index contributed by atoms with van der Waals surface area (Å²) in [6.07, 6.45) is 0. The maximum absolute atomic E-state index is 6.23. The second-order valence-electron chi connectivity index (χ2n) is 6.83. The van der Waals surface area contributed by atoms with Gasteiger partial charge in [0, 0.05) is 48.3 Å². The molecule has 1 saturated heterocycles. The quantitative estimate of drug-likeness (QED) is 0.557. The molecule has 158 valence electrons. The lowest BCUT2D eigenvalue weighted by Gasteiger charge is -2.26. The Hall–Kier alpha value is -1.50. The maximum Gasteiger partial charge on any atom is 0.161 e. The van der Waals surface area contributed by atoms with E-state index in [4.69, 9.17) is 37.4 Å². The standard InChI is InChI=1S/C22H28Cl2N2O3/c1-2-28-22-14-17(15-25-8-9-26-10-12-27-13-11-26)6-7-21(22)29-16-18-19(23)4-3-5-20(18)24/h3-7,14,25H,2,8-13,15-16H2,1H3. The molecule has 1 heterocycles. The van der Waals surface area contributed by atoms with Gasteiger partial charge in [0.15, 0.2) is 11.5 Å². The summed E-state index contributed by atoms with van der Waals surface area (Å²) in [5.41, 5.74) is 1.92. The summed E-state index contributed by atoms with van der Waals surface area (Å²) in [5, 5.41) is 4.68. The average Bonchev–Trinajstić information content (AvgIpc) is 2.73. The van der Waals surface area contributed by atoms with Crippen molar-refractivity contribution in [1.29, 1.82) is 0 Å². The first-order valence-corrected chi connectivity index (χ1v) is 10.7. The number of hydrogen-bond acceptors (Lipinski definition) is 5. The molecule has 1 aliphatic heterocycles. The Kier molecular flexibility index (Phi) is 8.90. The predicted molar refractivity (Wildman–Crippen MR) is 117 cm³/mol. The number of rotatable bonds is 10. The van der Waals surface area contributed by atoms with E-state index in [9.17, 15) is 0 Å². The number of halogens is 2. The highest BCUT2D eigenvalue weighted by Crippen LogP contribution is 2.31. The fourth-order valence-electron chi connectivity index (χ4n) is 3.16. The summed E-state index contributed by atoms with van der Waals surface area (Å²) in [6.45, 7) is 9.25. The summed E-state index contributed by atoms with van der Waals surface area (Å²) in [5.74, 6) is 1.41. The summed E-state index contributed by atoms with van der Waals surface area (Å²) in [6, 6.07) is 11.4. The Bertz CT molecular complexity index is 762. The third kappa shape index (κ3) is 6.76. The van der Waals surface area contributed by atoms with Crippen molar-refractivity contribution in [1.82, 2.24) is 10.2 Å². The van der Waals surface area contributed by atoms with Crippen molar-refractivity contribution < 1.29 is 14.2 Å². The molecule has 1 aliphatic rings.